The van der Waals surface area contributed by atoms with Gasteiger partial charge in [0.2, 0.25) is 5.91 Å². The molecule has 0 aromatic carbocycles. The van der Waals surface area contributed by atoms with Crippen LogP contribution < -0.4 is 10.6 Å². The van der Waals surface area contributed by atoms with Gasteiger partial charge in [0.05, 0.1) is 0 Å². The number of hydrogen-bond donors (Lipinski definition) is 2. The number of aliphatic imine (C=N–C) groups is 1. The van der Waals surface area contributed by atoms with Gasteiger partial charge in [-0.1, -0.05) is 38.5 Å². The SMILES string of the molecule is CCNC(=NCCCC1CCCC1)NC1CCN(C(=O)C2CCCC2)C1.I. The van der Waals surface area contributed by atoms with Gasteiger partial charge in [0.1, 0.15) is 0 Å². The molecular weight excluding hydrogens is 451 g/mol. The summed E-state index contributed by atoms with van der Waals surface area (Å²) < 4.78 is 0. The second-order valence-corrected chi connectivity index (χ2v) is 8.45. The second-order valence-electron chi connectivity index (χ2n) is 8.45. The summed E-state index contributed by atoms with van der Waals surface area (Å²) in [6.07, 6.45) is 13.9. The lowest BCUT2D eigenvalue weighted by atomic mass is 10.0. The van der Waals surface area contributed by atoms with E-state index in [1.807, 2.05) is 0 Å². The Kier molecular flexibility index (Phi) is 10.2. The minimum absolute atomic E-state index is 0. The zero-order chi connectivity index (χ0) is 18.2. The van der Waals surface area contributed by atoms with Crippen LogP contribution in [0.15, 0.2) is 4.99 Å². The van der Waals surface area contributed by atoms with Gasteiger partial charge in [-0.3, -0.25) is 9.79 Å². The van der Waals surface area contributed by atoms with Crippen LogP contribution in [0.4, 0.5) is 0 Å². The van der Waals surface area contributed by atoms with Gasteiger partial charge in [0, 0.05) is 38.1 Å². The highest BCUT2D eigenvalue weighted by molar-refractivity contribution is 14.0. The van der Waals surface area contributed by atoms with Crippen LogP contribution >= 0.6 is 24.0 Å². The molecule has 156 valence electrons. The Morgan fingerprint density at radius 1 is 1.07 bits per heavy atom. The smallest absolute Gasteiger partial charge is 0.225 e. The lowest BCUT2D eigenvalue weighted by molar-refractivity contribution is -0.134. The van der Waals surface area contributed by atoms with Crippen molar-refractivity contribution in [2.45, 2.75) is 83.6 Å². The molecule has 1 heterocycles. The van der Waals surface area contributed by atoms with Gasteiger partial charge in [-0.25, -0.2) is 0 Å². The van der Waals surface area contributed by atoms with E-state index in [4.69, 9.17) is 4.99 Å². The number of halogens is 1. The first-order valence-corrected chi connectivity index (χ1v) is 11.1. The van der Waals surface area contributed by atoms with Crippen LogP contribution in [-0.2, 0) is 4.79 Å². The molecule has 1 amide bonds. The van der Waals surface area contributed by atoms with E-state index in [1.54, 1.807) is 0 Å². The normalized spacial score (nSPS) is 24.3. The summed E-state index contributed by atoms with van der Waals surface area (Å²) in [4.78, 5) is 19.5. The Bertz CT molecular complexity index is 473. The van der Waals surface area contributed by atoms with E-state index in [9.17, 15) is 4.79 Å². The first-order chi connectivity index (χ1) is 12.8. The summed E-state index contributed by atoms with van der Waals surface area (Å²) in [5.74, 6) is 2.57. The van der Waals surface area contributed by atoms with Gasteiger partial charge in [-0.2, -0.15) is 0 Å². The van der Waals surface area contributed by atoms with Gasteiger partial charge in [0.15, 0.2) is 5.96 Å². The fourth-order valence-electron chi connectivity index (χ4n) is 4.89. The molecule has 0 bridgehead atoms. The predicted molar refractivity (Wildman–Crippen MR) is 123 cm³/mol. The quantitative estimate of drug-likeness (QED) is 0.246. The van der Waals surface area contributed by atoms with Crippen LogP contribution in [0.25, 0.3) is 0 Å². The molecule has 1 unspecified atom stereocenters. The first-order valence-electron chi connectivity index (χ1n) is 11.1. The Morgan fingerprint density at radius 3 is 2.48 bits per heavy atom. The van der Waals surface area contributed by atoms with Crippen LogP contribution in [0.1, 0.15) is 77.6 Å². The van der Waals surface area contributed by atoms with Crippen LogP contribution in [0.2, 0.25) is 0 Å². The number of guanidine groups is 1. The van der Waals surface area contributed by atoms with Gasteiger partial charge in [-0.05, 0) is 44.9 Å². The number of likely N-dealkylation sites (tertiary alicyclic amines) is 1. The maximum Gasteiger partial charge on any atom is 0.225 e. The van der Waals surface area contributed by atoms with E-state index in [2.05, 4.69) is 22.5 Å². The third-order valence-electron chi connectivity index (χ3n) is 6.40. The molecule has 3 fully saturated rings. The molecule has 0 aromatic heterocycles. The fourth-order valence-corrected chi connectivity index (χ4v) is 4.89. The Hall–Kier alpha value is -0.530. The van der Waals surface area contributed by atoms with Crippen molar-refractivity contribution in [1.29, 1.82) is 0 Å². The summed E-state index contributed by atoms with van der Waals surface area (Å²) >= 11 is 0. The maximum atomic E-state index is 12.6. The van der Waals surface area contributed by atoms with Crippen LogP contribution in [0.3, 0.4) is 0 Å². The molecule has 3 aliphatic rings. The number of carbonyl (C=O) groups excluding carboxylic acids is 1. The maximum absolute atomic E-state index is 12.6. The monoisotopic (exact) mass is 490 g/mol. The molecule has 0 aromatic rings. The molecule has 1 saturated heterocycles. The van der Waals surface area contributed by atoms with Crippen LogP contribution in [0, 0.1) is 11.8 Å². The standard InChI is InChI=1S/C21H38N4O.HI/c1-2-22-21(23-14-7-10-17-8-3-4-9-17)24-19-13-15-25(16-19)20(26)18-11-5-6-12-18;/h17-19H,2-16H2,1H3,(H2,22,23,24);1H. The van der Waals surface area contributed by atoms with E-state index in [1.165, 1.54) is 51.4 Å². The molecule has 1 atom stereocenters. The van der Waals surface area contributed by atoms with Crippen molar-refractivity contribution in [3.8, 4) is 0 Å². The van der Waals surface area contributed by atoms with E-state index < -0.39 is 0 Å². The summed E-state index contributed by atoms with van der Waals surface area (Å²) in [6, 6.07) is 0.341. The number of rotatable bonds is 7. The lowest BCUT2D eigenvalue weighted by Gasteiger charge is -2.21. The molecule has 2 N–H and O–H groups in total. The molecular formula is C21H39IN4O. The van der Waals surface area contributed by atoms with E-state index in [-0.39, 0.29) is 24.0 Å². The number of carbonyl (C=O) groups is 1. The number of nitrogens with one attached hydrogen (secondary N) is 2. The highest BCUT2D eigenvalue weighted by Gasteiger charge is 2.32. The van der Waals surface area contributed by atoms with Crippen molar-refractivity contribution in [1.82, 2.24) is 15.5 Å². The Balaban J connectivity index is 0.00000261. The van der Waals surface area contributed by atoms with Gasteiger partial charge in [0.25, 0.3) is 0 Å². The average molecular weight is 490 g/mol. The minimum atomic E-state index is 0. The van der Waals surface area contributed by atoms with Crippen LogP contribution in [-0.4, -0.2) is 49.0 Å². The highest BCUT2D eigenvalue weighted by Crippen LogP contribution is 2.29. The molecule has 2 saturated carbocycles. The van der Waals surface area contributed by atoms with E-state index in [0.717, 1.165) is 57.3 Å². The zero-order valence-corrected chi connectivity index (χ0v) is 19.4. The zero-order valence-electron chi connectivity index (χ0n) is 17.0. The average Bonchev–Trinajstić information content (AvgIpc) is 3.41. The summed E-state index contributed by atoms with van der Waals surface area (Å²) in [7, 11) is 0. The topological polar surface area (TPSA) is 56.7 Å². The third-order valence-corrected chi connectivity index (χ3v) is 6.40. The van der Waals surface area contributed by atoms with Crippen molar-refractivity contribution in [2.24, 2.45) is 16.8 Å². The van der Waals surface area contributed by atoms with Crippen molar-refractivity contribution in [2.75, 3.05) is 26.2 Å². The van der Waals surface area contributed by atoms with E-state index >= 15 is 0 Å². The third kappa shape index (κ3) is 7.09. The summed E-state index contributed by atoms with van der Waals surface area (Å²) in [5, 5.41) is 6.94. The molecule has 27 heavy (non-hydrogen) atoms. The Morgan fingerprint density at radius 2 is 1.78 bits per heavy atom. The largest absolute Gasteiger partial charge is 0.357 e. The number of amides is 1. The minimum Gasteiger partial charge on any atom is -0.357 e. The van der Waals surface area contributed by atoms with Crippen molar-refractivity contribution < 1.29 is 4.79 Å². The Labute approximate surface area is 182 Å². The molecule has 5 nitrogen and oxygen atoms in total. The summed E-state index contributed by atoms with van der Waals surface area (Å²) in [6.45, 7) is 5.63. The predicted octanol–water partition coefficient (Wildman–Crippen LogP) is 3.92. The number of hydrogen-bond acceptors (Lipinski definition) is 2. The van der Waals surface area contributed by atoms with Crippen molar-refractivity contribution in [3.63, 3.8) is 0 Å². The molecule has 6 heteroatoms. The highest BCUT2D eigenvalue weighted by atomic mass is 127. The first kappa shape index (κ1) is 22.8. The van der Waals surface area contributed by atoms with Crippen LogP contribution in [0.5, 0.6) is 0 Å². The van der Waals surface area contributed by atoms with Gasteiger partial charge in [-0.15, -0.1) is 24.0 Å². The van der Waals surface area contributed by atoms with E-state index in [0.29, 0.717) is 17.9 Å². The molecule has 1 aliphatic heterocycles. The van der Waals surface area contributed by atoms with Crippen molar-refractivity contribution in [3.05, 3.63) is 0 Å². The fraction of sp³-hybridized carbons (Fsp3) is 0.905. The second kappa shape index (κ2) is 12.1. The molecule has 0 spiro atoms. The van der Waals surface area contributed by atoms with Crippen molar-refractivity contribution >= 4 is 35.8 Å². The van der Waals surface area contributed by atoms with Gasteiger partial charge < -0.3 is 15.5 Å². The van der Waals surface area contributed by atoms with Gasteiger partial charge >= 0.3 is 0 Å². The summed E-state index contributed by atoms with van der Waals surface area (Å²) in [5.41, 5.74) is 0. The number of nitrogens with zero attached hydrogens (tertiary/aromatic N) is 2. The molecule has 0 radical (unpaired) electrons. The molecule has 2 aliphatic carbocycles. The lowest BCUT2D eigenvalue weighted by Crippen LogP contribution is -2.45. The molecule has 3 rings (SSSR count).